The molecule has 1 unspecified atom stereocenters. The van der Waals surface area contributed by atoms with Crippen molar-refractivity contribution in [1.82, 2.24) is 19.9 Å². The van der Waals surface area contributed by atoms with Crippen molar-refractivity contribution >= 4 is 17.6 Å². The lowest BCUT2D eigenvalue weighted by molar-refractivity contribution is -0.274. The highest BCUT2D eigenvalue weighted by molar-refractivity contribution is 6.21. The number of amides is 3. The first-order valence-corrected chi connectivity index (χ1v) is 9.17. The predicted molar refractivity (Wildman–Crippen MR) is 103 cm³/mol. The van der Waals surface area contributed by atoms with Gasteiger partial charge in [0.1, 0.15) is 17.6 Å². The SMILES string of the molecule is CC1C(=O)N(c2ccc(OC(F)(F)F)cc2)C(=O)N1Cc1ccncc1-c1ncc[nH]1. The van der Waals surface area contributed by atoms with E-state index in [0.717, 1.165) is 22.6 Å². The molecule has 3 amide bonds. The minimum atomic E-state index is -4.83. The molecule has 1 fully saturated rings. The third kappa shape index (κ3) is 4.06. The second-order valence-corrected chi connectivity index (χ2v) is 6.77. The van der Waals surface area contributed by atoms with Gasteiger partial charge in [-0.05, 0) is 42.8 Å². The molecule has 4 rings (SSSR count). The molecule has 160 valence electrons. The number of anilines is 1. The number of nitrogens with one attached hydrogen (secondary N) is 1. The molecule has 0 bridgehead atoms. The molecule has 0 saturated carbocycles. The summed E-state index contributed by atoms with van der Waals surface area (Å²) in [5.74, 6) is -0.353. The fourth-order valence-electron chi connectivity index (χ4n) is 3.32. The van der Waals surface area contributed by atoms with Gasteiger partial charge in [-0.25, -0.2) is 14.7 Å². The number of ether oxygens (including phenoxy) is 1. The van der Waals surface area contributed by atoms with Crippen molar-refractivity contribution in [1.29, 1.82) is 0 Å². The molecule has 2 aromatic heterocycles. The molecule has 0 aliphatic carbocycles. The van der Waals surface area contributed by atoms with Gasteiger partial charge in [-0.2, -0.15) is 0 Å². The number of hydrogen-bond donors (Lipinski definition) is 1. The van der Waals surface area contributed by atoms with E-state index in [1.54, 1.807) is 37.8 Å². The van der Waals surface area contributed by atoms with Crippen molar-refractivity contribution in [3.8, 4) is 17.1 Å². The third-order valence-electron chi connectivity index (χ3n) is 4.82. The van der Waals surface area contributed by atoms with Crippen LogP contribution in [0, 0.1) is 0 Å². The van der Waals surface area contributed by atoms with E-state index in [1.165, 1.54) is 17.0 Å². The first-order chi connectivity index (χ1) is 14.7. The van der Waals surface area contributed by atoms with Crippen molar-refractivity contribution in [2.24, 2.45) is 0 Å². The van der Waals surface area contributed by atoms with Crippen LogP contribution in [0.5, 0.6) is 5.75 Å². The molecule has 1 aromatic carbocycles. The number of benzene rings is 1. The van der Waals surface area contributed by atoms with Gasteiger partial charge in [-0.15, -0.1) is 13.2 Å². The van der Waals surface area contributed by atoms with Crippen LogP contribution >= 0.6 is 0 Å². The molecule has 11 heteroatoms. The fraction of sp³-hybridized carbons (Fsp3) is 0.200. The summed E-state index contributed by atoms with van der Waals surface area (Å²) in [6, 6.07) is 4.94. The fourth-order valence-corrected chi connectivity index (χ4v) is 3.32. The lowest BCUT2D eigenvalue weighted by Crippen LogP contribution is -2.33. The van der Waals surface area contributed by atoms with Crippen LogP contribution in [0.25, 0.3) is 11.4 Å². The van der Waals surface area contributed by atoms with Crippen LogP contribution in [0.4, 0.5) is 23.7 Å². The Labute approximate surface area is 174 Å². The standard InChI is InChI=1S/C20H16F3N5O3/c1-12-18(29)28(14-2-4-15(5-3-14)31-20(21,22)23)19(30)27(12)11-13-6-7-24-10-16(13)17-25-8-9-26-17/h2-10,12H,11H2,1H3,(H,25,26). The molecule has 1 aliphatic heterocycles. The molecule has 31 heavy (non-hydrogen) atoms. The lowest BCUT2D eigenvalue weighted by atomic mass is 10.1. The predicted octanol–water partition coefficient (Wildman–Crippen LogP) is 3.73. The normalized spacial score (nSPS) is 16.8. The second-order valence-electron chi connectivity index (χ2n) is 6.77. The number of carbonyl (C=O) groups is 2. The van der Waals surface area contributed by atoms with E-state index >= 15 is 0 Å². The average Bonchev–Trinajstić information content (AvgIpc) is 3.32. The average molecular weight is 431 g/mol. The van der Waals surface area contributed by atoms with Crippen molar-refractivity contribution < 1.29 is 27.5 Å². The summed E-state index contributed by atoms with van der Waals surface area (Å²) in [5, 5.41) is 0. The van der Waals surface area contributed by atoms with E-state index < -0.39 is 30.1 Å². The van der Waals surface area contributed by atoms with E-state index in [1.807, 2.05) is 0 Å². The van der Waals surface area contributed by atoms with Crippen molar-refractivity contribution in [2.75, 3.05) is 4.90 Å². The summed E-state index contributed by atoms with van der Waals surface area (Å²) in [7, 11) is 0. The van der Waals surface area contributed by atoms with Gasteiger partial charge in [0, 0.05) is 36.9 Å². The first-order valence-electron chi connectivity index (χ1n) is 9.17. The number of rotatable bonds is 5. The number of aromatic nitrogens is 3. The smallest absolute Gasteiger partial charge is 0.406 e. The number of aromatic amines is 1. The summed E-state index contributed by atoms with van der Waals surface area (Å²) >= 11 is 0. The first kappa shape index (κ1) is 20.4. The number of nitrogens with zero attached hydrogens (tertiary/aromatic N) is 4. The van der Waals surface area contributed by atoms with Crippen LogP contribution in [-0.4, -0.2) is 44.2 Å². The Balaban J connectivity index is 1.58. The van der Waals surface area contributed by atoms with Gasteiger partial charge in [-0.3, -0.25) is 9.78 Å². The second kappa shape index (κ2) is 7.74. The molecule has 3 heterocycles. The molecule has 8 nitrogen and oxygen atoms in total. The zero-order chi connectivity index (χ0) is 22.2. The van der Waals surface area contributed by atoms with E-state index in [2.05, 4.69) is 19.7 Å². The Kier molecular flexibility index (Phi) is 5.09. The molecule has 1 aliphatic rings. The molecular formula is C20H16F3N5O3. The van der Waals surface area contributed by atoms with Gasteiger partial charge in [0.25, 0.3) is 5.91 Å². The Bertz CT molecular complexity index is 1100. The Morgan fingerprint density at radius 3 is 2.52 bits per heavy atom. The Morgan fingerprint density at radius 2 is 1.87 bits per heavy atom. The van der Waals surface area contributed by atoms with E-state index in [9.17, 15) is 22.8 Å². The lowest BCUT2D eigenvalue weighted by Gasteiger charge is -2.20. The summed E-state index contributed by atoms with van der Waals surface area (Å²) in [5.41, 5.74) is 1.57. The number of alkyl halides is 3. The Morgan fingerprint density at radius 1 is 1.13 bits per heavy atom. The molecule has 0 spiro atoms. The van der Waals surface area contributed by atoms with E-state index in [4.69, 9.17) is 0 Å². The van der Waals surface area contributed by atoms with E-state index in [-0.39, 0.29) is 12.2 Å². The number of hydrogen-bond acceptors (Lipinski definition) is 5. The molecule has 1 N–H and O–H groups in total. The number of pyridine rings is 1. The van der Waals surface area contributed by atoms with Crippen LogP contribution in [0.2, 0.25) is 0 Å². The number of imide groups is 1. The van der Waals surface area contributed by atoms with Crippen molar-refractivity contribution in [3.05, 3.63) is 60.7 Å². The van der Waals surface area contributed by atoms with Crippen molar-refractivity contribution in [2.45, 2.75) is 25.9 Å². The number of carbonyl (C=O) groups excluding carboxylic acids is 2. The minimum absolute atomic E-state index is 0.121. The highest BCUT2D eigenvalue weighted by atomic mass is 19.4. The summed E-state index contributed by atoms with van der Waals surface area (Å²) in [6.45, 7) is 1.71. The highest BCUT2D eigenvalue weighted by Gasteiger charge is 2.43. The van der Waals surface area contributed by atoms with Gasteiger partial charge in [0.05, 0.1) is 5.69 Å². The Hall–Kier alpha value is -3.89. The third-order valence-corrected chi connectivity index (χ3v) is 4.82. The maximum absolute atomic E-state index is 13.0. The van der Waals surface area contributed by atoms with Crippen LogP contribution in [0.15, 0.2) is 55.1 Å². The van der Waals surface area contributed by atoms with Gasteiger partial charge < -0.3 is 14.6 Å². The summed E-state index contributed by atoms with van der Waals surface area (Å²) in [4.78, 5) is 39.4. The van der Waals surface area contributed by atoms with Gasteiger partial charge in [0.2, 0.25) is 0 Å². The summed E-state index contributed by atoms with van der Waals surface area (Å²) < 4.78 is 40.9. The zero-order valence-corrected chi connectivity index (χ0v) is 16.1. The maximum Gasteiger partial charge on any atom is 0.573 e. The molecule has 1 saturated heterocycles. The minimum Gasteiger partial charge on any atom is -0.406 e. The molecular weight excluding hydrogens is 415 g/mol. The molecule has 0 radical (unpaired) electrons. The van der Waals surface area contributed by atoms with Crippen LogP contribution < -0.4 is 9.64 Å². The number of imidazole rings is 1. The number of urea groups is 1. The quantitative estimate of drug-likeness (QED) is 0.622. The van der Waals surface area contributed by atoms with Crippen molar-refractivity contribution in [3.63, 3.8) is 0 Å². The van der Waals surface area contributed by atoms with Crippen LogP contribution in [-0.2, 0) is 11.3 Å². The molecule has 3 aromatic rings. The van der Waals surface area contributed by atoms with Crippen LogP contribution in [0.1, 0.15) is 12.5 Å². The van der Waals surface area contributed by atoms with Gasteiger partial charge >= 0.3 is 12.4 Å². The summed E-state index contributed by atoms with van der Waals surface area (Å²) in [6.07, 6.45) is 1.60. The zero-order valence-electron chi connectivity index (χ0n) is 16.1. The molecule has 1 atom stereocenters. The van der Waals surface area contributed by atoms with E-state index in [0.29, 0.717) is 11.4 Å². The van der Waals surface area contributed by atoms with Crippen LogP contribution in [0.3, 0.4) is 0 Å². The number of H-pyrrole nitrogens is 1. The topological polar surface area (TPSA) is 91.4 Å². The van der Waals surface area contributed by atoms with Gasteiger partial charge in [-0.1, -0.05) is 0 Å². The van der Waals surface area contributed by atoms with Gasteiger partial charge in [0.15, 0.2) is 0 Å². The highest BCUT2D eigenvalue weighted by Crippen LogP contribution is 2.31. The number of halogens is 3. The largest absolute Gasteiger partial charge is 0.573 e. The maximum atomic E-state index is 13.0. The monoisotopic (exact) mass is 431 g/mol.